The number of benzene rings is 1. The van der Waals surface area contributed by atoms with Crippen LogP contribution in [0.25, 0.3) is 0 Å². The number of hydrogen-bond donors (Lipinski definition) is 1. The molecule has 1 rings (SSSR count). The zero-order chi connectivity index (χ0) is 14.3. The van der Waals surface area contributed by atoms with Crippen LogP contribution in [-0.2, 0) is 11.2 Å². The Hall–Kier alpha value is -2.02. The summed E-state index contributed by atoms with van der Waals surface area (Å²) in [6, 6.07) is 9.70. The number of aryl methyl sites for hydroxylation is 1. The van der Waals surface area contributed by atoms with Crippen LogP contribution in [0.5, 0.6) is 0 Å². The van der Waals surface area contributed by atoms with Gasteiger partial charge in [-0.25, -0.2) is 4.79 Å². The van der Waals surface area contributed by atoms with Crippen molar-refractivity contribution in [2.75, 3.05) is 5.32 Å². The van der Waals surface area contributed by atoms with Crippen LogP contribution in [0.15, 0.2) is 24.3 Å². The van der Waals surface area contributed by atoms with Crippen LogP contribution in [0.3, 0.4) is 0 Å². The van der Waals surface area contributed by atoms with Crippen LogP contribution < -0.4 is 5.32 Å². The molecule has 0 aromatic heterocycles. The molecule has 0 heterocycles. The fourth-order valence-corrected chi connectivity index (χ4v) is 1.55. The summed E-state index contributed by atoms with van der Waals surface area (Å²) in [6.45, 7) is 5.47. The number of carbonyl (C=O) groups is 1. The number of nitrogens with one attached hydrogen (secondary N) is 1. The van der Waals surface area contributed by atoms with E-state index in [1.165, 1.54) is 0 Å². The van der Waals surface area contributed by atoms with E-state index in [-0.39, 0.29) is 0 Å². The monoisotopic (exact) mass is 260 g/mol. The second-order valence-corrected chi connectivity index (χ2v) is 5.34. The molecule has 1 amide bonds. The van der Waals surface area contributed by atoms with Crippen LogP contribution in [-0.4, -0.2) is 11.7 Å². The molecule has 0 bridgehead atoms. The predicted octanol–water partition coefficient (Wildman–Crippen LogP) is 3.88. The molecule has 1 aromatic rings. The number of amides is 1. The van der Waals surface area contributed by atoms with Crippen LogP contribution >= 0.6 is 0 Å². The normalized spacial score (nSPS) is 10.6. The van der Waals surface area contributed by atoms with Crippen LogP contribution in [0, 0.1) is 11.3 Å². The number of anilines is 1. The molecular weight excluding hydrogens is 240 g/mol. The summed E-state index contributed by atoms with van der Waals surface area (Å²) in [5.41, 5.74) is 1.37. The maximum absolute atomic E-state index is 11.6. The first-order chi connectivity index (χ1) is 8.90. The van der Waals surface area contributed by atoms with Crippen molar-refractivity contribution in [1.82, 2.24) is 0 Å². The first kappa shape index (κ1) is 15.0. The maximum Gasteiger partial charge on any atom is 0.412 e. The molecule has 0 aliphatic rings. The number of hydrogen-bond acceptors (Lipinski definition) is 3. The highest BCUT2D eigenvalue weighted by Crippen LogP contribution is 2.14. The lowest BCUT2D eigenvalue weighted by atomic mass is 10.1. The van der Waals surface area contributed by atoms with E-state index in [2.05, 4.69) is 11.4 Å². The van der Waals surface area contributed by atoms with E-state index < -0.39 is 11.7 Å². The van der Waals surface area contributed by atoms with Crippen molar-refractivity contribution in [2.24, 2.45) is 0 Å². The summed E-state index contributed by atoms with van der Waals surface area (Å²) >= 11 is 0. The van der Waals surface area contributed by atoms with Gasteiger partial charge >= 0.3 is 6.09 Å². The Balaban J connectivity index is 2.48. The summed E-state index contributed by atoms with van der Waals surface area (Å²) in [5, 5.41) is 11.1. The quantitative estimate of drug-likeness (QED) is 0.835. The molecule has 4 heteroatoms. The van der Waals surface area contributed by atoms with Gasteiger partial charge in [0.2, 0.25) is 0 Å². The molecule has 0 saturated carbocycles. The highest BCUT2D eigenvalue weighted by molar-refractivity contribution is 5.84. The number of rotatable bonds is 4. The van der Waals surface area contributed by atoms with Gasteiger partial charge in [-0.2, -0.15) is 5.26 Å². The zero-order valence-electron chi connectivity index (χ0n) is 11.7. The van der Waals surface area contributed by atoms with Crippen molar-refractivity contribution in [3.63, 3.8) is 0 Å². The number of ether oxygens (including phenoxy) is 1. The molecular formula is C15H20N2O2. The van der Waals surface area contributed by atoms with Crippen LogP contribution in [0.4, 0.5) is 10.5 Å². The SMILES string of the molecule is CC(C)(C)OC(=O)Nc1ccc(CCCC#N)cc1. The van der Waals surface area contributed by atoms with E-state index in [1.807, 2.05) is 45.0 Å². The van der Waals surface area contributed by atoms with Gasteiger partial charge in [0.15, 0.2) is 0 Å². The molecule has 0 radical (unpaired) electrons. The second kappa shape index (κ2) is 6.79. The molecule has 102 valence electrons. The molecule has 0 unspecified atom stereocenters. The van der Waals surface area contributed by atoms with Gasteiger partial charge in [-0.3, -0.25) is 5.32 Å². The molecule has 19 heavy (non-hydrogen) atoms. The van der Waals surface area contributed by atoms with Gasteiger partial charge in [-0.1, -0.05) is 12.1 Å². The van der Waals surface area contributed by atoms with Gasteiger partial charge in [0.05, 0.1) is 6.07 Å². The van der Waals surface area contributed by atoms with Crippen molar-refractivity contribution >= 4 is 11.8 Å². The van der Waals surface area contributed by atoms with E-state index >= 15 is 0 Å². The molecule has 1 aromatic carbocycles. The number of nitrogens with zero attached hydrogens (tertiary/aromatic N) is 1. The van der Waals surface area contributed by atoms with Gasteiger partial charge < -0.3 is 4.74 Å². The second-order valence-electron chi connectivity index (χ2n) is 5.34. The van der Waals surface area contributed by atoms with Crippen molar-refractivity contribution in [2.45, 2.75) is 45.6 Å². The maximum atomic E-state index is 11.6. The minimum Gasteiger partial charge on any atom is -0.444 e. The molecule has 4 nitrogen and oxygen atoms in total. The summed E-state index contributed by atoms with van der Waals surface area (Å²) in [6.07, 6.45) is 1.85. The van der Waals surface area contributed by atoms with Crippen molar-refractivity contribution < 1.29 is 9.53 Å². The van der Waals surface area contributed by atoms with Gasteiger partial charge in [0, 0.05) is 12.1 Å². The van der Waals surface area contributed by atoms with Crippen molar-refractivity contribution in [3.05, 3.63) is 29.8 Å². The highest BCUT2D eigenvalue weighted by atomic mass is 16.6. The van der Waals surface area contributed by atoms with Crippen molar-refractivity contribution in [1.29, 1.82) is 5.26 Å². The lowest BCUT2D eigenvalue weighted by Gasteiger charge is -2.19. The number of carbonyl (C=O) groups excluding carboxylic acids is 1. The van der Waals surface area contributed by atoms with Gasteiger partial charge in [-0.15, -0.1) is 0 Å². The largest absolute Gasteiger partial charge is 0.444 e. The van der Waals surface area contributed by atoms with Gasteiger partial charge in [0.1, 0.15) is 5.60 Å². The third-order valence-corrected chi connectivity index (χ3v) is 2.35. The molecule has 0 atom stereocenters. The minimum absolute atomic E-state index is 0.454. The number of unbranched alkanes of at least 4 members (excludes halogenated alkanes) is 1. The summed E-state index contributed by atoms with van der Waals surface area (Å²) in [4.78, 5) is 11.6. The van der Waals surface area contributed by atoms with E-state index in [0.717, 1.165) is 18.4 Å². The Labute approximate surface area is 114 Å². The Morgan fingerprint density at radius 1 is 1.32 bits per heavy atom. The fourth-order valence-electron chi connectivity index (χ4n) is 1.55. The lowest BCUT2D eigenvalue weighted by Crippen LogP contribution is -2.27. The van der Waals surface area contributed by atoms with E-state index in [1.54, 1.807) is 0 Å². The lowest BCUT2D eigenvalue weighted by molar-refractivity contribution is 0.0636. The average molecular weight is 260 g/mol. The first-order valence-electron chi connectivity index (χ1n) is 6.36. The topological polar surface area (TPSA) is 62.1 Å². The highest BCUT2D eigenvalue weighted by Gasteiger charge is 2.15. The van der Waals surface area contributed by atoms with E-state index in [4.69, 9.17) is 10.00 Å². The van der Waals surface area contributed by atoms with Crippen molar-refractivity contribution in [3.8, 4) is 6.07 Å². The first-order valence-corrected chi connectivity index (χ1v) is 6.36. The molecule has 0 aliphatic heterocycles. The zero-order valence-corrected chi connectivity index (χ0v) is 11.7. The molecule has 0 spiro atoms. The average Bonchev–Trinajstić information content (AvgIpc) is 2.29. The molecule has 1 N–H and O–H groups in total. The van der Waals surface area contributed by atoms with Gasteiger partial charge in [-0.05, 0) is 51.3 Å². The Kier molecular flexibility index (Phi) is 5.37. The Morgan fingerprint density at radius 2 is 1.95 bits per heavy atom. The summed E-state index contributed by atoms with van der Waals surface area (Å²) in [5.74, 6) is 0. The third kappa shape index (κ3) is 6.46. The third-order valence-electron chi connectivity index (χ3n) is 2.35. The smallest absolute Gasteiger partial charge is 0.412 e. The van der Waals surface area contributed by atoms with Crippen LogP contribution in [0.2, 0.25) is 0 Å². The molecule has 0 saturated heterocycles. The fraction of sp³-hybridized carbons (Fsp3) is 0.467. The summed E-state index contributed by atoms with van der Waals surface area (Å²) < 4.78 is 5.17. The van der Waals surface area contributed by atoms with E-state index in [0.29, 0.717) is 12.1 Å². The van der Waals surface area contributed by atoms with E-state index in [9.17, 15) is 4.79 Å². The Bertz CT molecular complexity index is 453. The molecule has 0 aliphatic carbocycles. The van der Waals surface area contributed by atoms with Crippen LogP contribution in [0.1, 0.15) is 39.2 Å². The predicted molar refractivity (Wildman–Crippen MR) is 74.8 cm³/mol. The Morgan fingerprint density at radius 3 is 2.47 bits per heavy atom. The van der Waals surface area contributed by atoms with Gasteiger partial charge in [0.25, 0.3) is 0 Å². The standard InChI is InChI=1S/C15H20N2O2/c1-15(2,3)19-14(18)17-13-9-7-12(8-10-13)6-4-5-11-16/h7-10H,4-6H2,1-3H3,(H,17,18). The summed E-state index contributed by atoms with van der Waals surface area (Å²) in [7, 11) is 0. The number of nitriles is 1. The minimum atomic E-state index is -0.499. The molecule has 0 fully saturated rings.